The molecule has 5 nitrogen and oxygen atoms in total. The minimum absolute atomic E-state index is 0.207. The molecule has 5 heteroatoms. The topological polar surface area (TPSA) is 78.4 Å². The lowest BCUT2D eigenvalue weighted by atomic mass is 10.1. The highest BCUT2D eigenvalue weighted by atomic mass is 16.4. The summed E-state index contributed by atoms with van der Waals surface area (Å²) in [5.41, 5.74) is 1.07. The fraction of sp³-hybridized carbons (Fsp3) is 0.500. The largest absolute Gasteiger partial charge is 0.480 e. The van der Waals surface area contributed by atoms with Crippen LogP contribution in [0.15, 0.2) is 30.3 Å². The summed E-state index contributed by atoms with van der Waals surface area (Å²) in [5.74, 6) is -0.452. The van der Waals surface area contributed by atoms with Gasteiger partial charge in [-0.3, -0.25) is 0 Å². The molecule has 0 aromatic heterocycles. The van der Waals surface area contributed by atoms with Gasteiger partial charge >= 0.3 is 12.0 Å². The number of carbonyl (C=O) groups is 2. The number of amides is 2. The summed E-state index contributed by atoms with van der Waals surface area (Å²) in [5, 5.41) is 14.6. The Morgan fingerprint density at radius 2 is 2.05 bits per heavy atom. The number of carbonyl (C=O) groups excluding carboxylic acids is 1. The van der Waals surface area contributed by atoms with E-state index in [0.717, 1.165) is 18.4 Å². The first-order valence-electron chi connectivity index (χ1n) is 7.44. The Kier molecular flexibility index (Phi) is 5.20. The standard InChI is InChI=1S/C16H22N2O3/c1-2-12-10-14(12)18-16(21)17-13(15(19)20)9-8-11-6-4-3-5-7-11/h3-7,12-14H,2,8-10H2,1H3,(H,19,20)(H2,17,18,21)/t12?,13-,14?/m0/s1. The molecule has 21 heavy (non-hydrogen) atoms. The second-order valence-electron chi connectivity index (χ2n) is 5.54. The van der Waals surface area contributed by atoms with Gasteiger partial charge in [-0.1, -0.05) is 43.7 Å². The molecule has 3 N–H and O–H groups in total. The molecule has 0 heterocycles. The van der Waals surface area contributed by atoms with Crippen molar-refractivity contribution >= 4 is 12.0 Å². The first kappa shape index (κ1) is 15.4. The van der Waals surface area contributed by atoms with Crippen LogP contribution in [0.1, 0.15) is 31.7 Å². The molecule has 3 atom stereocenters. The number of aryl methyl sites for hydroxylation is 1. The first-order valence-corrected chi connectivity index (χ1v) is 7.44. The predicted molar refractivity (Wildman–Crippen MR) is 80.0 cm³/mol. The van der Waals surface area contributed by atoms with E-state index < -0.39 is 12.0 Å². The highest BCUT2D eigenvalue weighted by molar-refractivity contribution is 5.82. The zero-order valence-electron chi connectivity index (χ0n) is 12.2. The molecule has 0 bridgehead atoms. The lowest BCUT2D eigenvalue weighted by Gasteiger charge is -2.15. The van der Waals surface area contributed by atoms with Crippen LogP contribution >= 0.6 is 0 Å². The molecule has 114 valence electrons. The van der Waals surface area contributed by atoms with Crippen molar-refractivity contribution in [2.45, 2.75) is 44.7 Å². The molecule has 1 aromatic carbocycles. The second kappa shape index (κ2) is 7.11. The summed E-state index contributed by atoms with van der Waals surface area (Å²) in [7, 11) is 0. The van der Waals surface area contributed by atoms with Gasteiger partial charge in [-0.05, 0) is 30.7 Å². The van der Waals surface area contributed by atoms with Crippen molar-refractivity contribution in [3.8, 4) is 0 Å². The third-order valence-electron chi connectivity index (χ3n) is 3.93. The number of hydrogen-bond donors (Lipinski definition) is 3. The Morgan fingerprint density at radius 3 is 2.62 bits per heavy atom. The smallest absolute Gasteiger partial charge is 0.326 e. The molecule has 1 fully saturated rings. The van der Waals surface area contributed by atoms with Crippen LogP contribution in [0.5, 0.6) is 0 Å². The first-order chi connectivity index (χ1) is 10.1. The van der Waals surface area contributed by atoms with Crippen LogP contribution in [0.3, 0.4) is 0 Å². The zero-order valence-corrected chi connectivity index (χ0v) is 12.2. The van der Waals surface area contributed by atoms with E-state index in [2.05, 4.69) is 17.6 Å². The Bertz CT molecular complexity index is 490. The third-order valence-corrected chi connectivity index (χ3v) is 3.93. The number of hydrogen-bond acceptors (Lipinski definition) is 2. The minimum Gasteiger partial charge on any atom is -0.480 e. The van der Waals surface area contributed by atoms with Crippen molar-refractivity contribution in [3.05, 3.63) is 35.9 Å². The van der Waals surface area contributed by atoms with Crippen LogP contribution in [-0.2, 0) is 11.2 Å². The fourth-order valence-corrected chi connectivity index (χ4v) is 2.46. The SMILES string of the molecule is CCC1CC1NC(=O)N[C@@H](CCc1ccccc1)C(=O)O. The fourth-order valence-electron chi connectivity index (χ4n) is 2.46. The highest BCUT2D eigenvalue weighted by Crippen LogP contribution is 2.32. The molecule has 1 aliphatic carbocycles. The van der Waals surface area contributed by atoms with Crippen LogP contribution in [0.25, 0.3) is 0 Å². The molecule has 1 saturated carbocycles. The second-order valence-corrected chi connectivity index (χ2v) is 5.54. The molecular weight excluding hydrogens is 268 g/mol. The van der Waals surface area contributed by atoms with Crippen LogP contribution in [0.4, 0.5) is 4.79 Å². The molecule has 0 aliphatic heterocycles. The lowest BCUT2D eigenvalue weighted by molar-refractivity contribution is -0.139. The number of carboxylic acid groups (broad SMARTS) is 1. The van der Waals surface area contributed by atoms with Crippen molar-refractivity contribution in [1.29, 1.82) is 0 Å². The van der Waals surface area contributed by atoms with Gasteiger partial charge in [0.05, 0.1) is 0 Å². The molecule has 1 aromatic rings. The monoisotopic (exact) mass is 290 g/mol. The number of carboxylic acids is 1. The number of nitrogens with one attached hydrogen (secondary N) is 2. The summed E-state index contributed by atoms with van der Waals surface area (Å²) >= 11 is 0. The van der Waals surface area contributed by atoms with E-state index in [9.17, 15) is 14.7 Å². The molecular formula is C16H22N2O3. The summed E-state index contributed by atoms with van der Waals surface area (Å²) in [6.07, 6.45) is 3.04. The van der Waals surface area contributed by atoms with Gasteiger partial charge in [-0.15, -0.1) is 0 Å². The van der Waals surface area contributed by atoms with E-state index in [0.29, 0.717) is 18.8 Å². The lowest BCUT2D eigenvalue weighted by Crippen LogP contribution is -2.47. The Hall–Kier alpha value is -2.04. The maximum atomic E-state index is 11.8. The van der Waals surface area contributed by atoms with Gasteiger partial charge in [0.1, 0.15) is 6.04 Å². The molecule has 2 unspecified atom stereocenters. The van der Waals surface area contributed by atoms with E-state index in [1.807, 2.05) is 30.3 Å². The Labute approximate surface area is 124 Å². The number of rotatable bonds is 7. The van der Waals surface area contributed by atoms with Gasteiger partial charge in [-0.2, -0.15) is 0 Å². The summed E-state index contributed by atoms with van der Waals surface area (Å²) in [4.78, 5) is 23.0. The minimum atomic E-state index is -0.996. The van der Waals surface area contributed by atoms with Gasteiger partial charge in [0.25, 0.3) is 0 Å². The molecule has 0 spiro atoms. The van der Waals surface area contributed by atoms with Crippen LogP contribution in [0, 0.1) is 5.92 Å². The molecule has 2 amide bonds. The van der Waals surface area contributed by atoms with Gasteiger partial charge in [0.15, 0.2) is 0 Å². The predicted octanol–water partition coefficient (Wildman–Crippen LogP) is 2.17. The summed E-state index contributed by atoms with van der Waals surface area (Å²) < 4.78 is 0. The molecule has 0 radical (unpaired) electrons. The van der Waals surface area contributed by atoms with Crippen molar-refractivity contribution in [3.63, 3.8) is 0 Å². The van der Waals surface area contributed by atoms with Crippen molar-refractivity contribution < 1.29 is 14.7 Å². The molecule has 1 aliphatic rings. The zero-order chi connectivity index (χ0) is 15.2. The average molecular weight is 290 g/mol. The van der Waals surface area contributed by atoms with Crippen molar-refractivity contribution in [1.82, 2.24) is 10.6 Å². The summed E-state index contributed by atoms with van der Waals surface area (Å²) in [6, 6.07) is 8.64. The van der Waals surface area contributed by atoms with E-state index in [1.54, 1.807) is 0 Å². The molecule has 2 rings (SSSR count). The van der Waals surface area contributed by atoms with Gasteiger partial charge in [0.2, 0.25) is 0 Å². The van der Waals surface area contributed by atoms with Crippen molar-refractivity contribution in [2.75, 3.05) is 0 Å². The van der Waals surface area contributed by atoms with Crippen molar-refractivity contribution in [2.24, 2.45) is 5.92 Å². The van der Waals surface area contributed by atoms with E-state index in [4.69, 9.17) is 0 Å². The number of aliphatic carboxylic acids is 1. The highest BCUT2D eigenvalue weighted by Gasteiger charge is 2.36. The Morgan fingerprint density at radius 1 is 1.33 bits per heavy atom. The maximum absolute atomic E-state index is 11.8. The van der Waals surface area contributed by atoms with Gasteiger partial charge in [-0.25, -0.2) is 9.59 Å². The third kappa shape index (κ3) is 4.77. The number of urea groups is 1. The van der Waals surface area contributed by atoms with Crippen LogP contribution < -0.4 is 10.6 Å². The van der Waals surface area contributed by atoms with Gasteiger partial charge < -0.3 is 15.7 Å². The normalized spacial score (nSPS) is 21.4. The number of benzene rings is 1. The average Bonchev–Trinajstić information content (AvgIpc) is 3.22. The van der Waals surface area contributed by atoms with Crippen LogP contribution in [0.2, 0.25) is 0 Å². The molecule has 0 saturated heterocycles. The maximum Gasteiger partial charge on any atom is 0.326 e. The van der Waals surface area contributed by atoms with E-state index >= 15 is 0 Å². The summed E-state index contributed by atoms with van der Waals surface area (Å²) in [6.45, 7) is 2.09. The van der Waals surface area contributed by atoms with E-state index in [1.165, 1.54) is 0 Å². The van der Waals surface area contributed by atoms with Gasteiger partial charge in [0, 0.05) is 6.04 Å². The Balaban J connectivity index is 1.79. The van der Waals surface area contributed by atoms with E-state index in [-0.39, 0.29) is 12.1 Å². The van der Waals surface area contributed by atoms with Crippen LogP contribution in [-0.4, -0.2) is 29.2 Å². The quantitative estimate of drug-likeness (QED) is 0.720.